The Labute approximate surface area is 94.1 Å². The average molecular weight is 221 g/mol. The summed E-state index contributed by atoms with van der Waals surface area (Å²) in [6.45, 7) is 1.85. The van der Waals surface area contributed by atoms with Gasteiger partial charge in [-0.3, -0.25) is 9.78 Å². The monoisotopic (exact) mass is 221 g/mol. The van der Waals surface area contributed by atoms with Gasteiger partial charge in [-0.15, -0.1) is 0 Å². The topological polar surface area (TPSA) is 65.5 Å². The van der Waals surface area contributed by atoms with E-state index in [4.69, 9.17) is 0 Å². The summed E-state index contributed by atoms with van der Waals surface area (Å²) in [5.41, 5.74) is 0.282. The van der Waals surface area contributed by atoms with E-state index in [0.717, 1.165) is 19.5 Å². The molecule has 86 valence electrons. The van der Waals surface area contributed by atoms with E-state index in [1.165, 1.54) is 18.5 Å². The second-order valence-electron chi connectivity index (χ2n) is 4.11. The zero-order valence-electron chi connectivity index (χ0n) is 9.18. The van der Waals surface area contributed by atoms with Crippen molar-refractivity contribution in [1.29, 1.82) is 0 Å². The van der Waals surface area contributed by atoms with Crippen molar-refractivity contribution in [2.75, 3.05) is 20.1 Å². The van der Waals surface area contributed by atoms with Gasteiger partial charge in [-0.25, -0.2) is 0 Å². The Morgan fingerprint density at radius 1 is 1.69 bits per heavy atom. The molecule has 2 rings (SSSR count). The first kappa shape index (κ1) is 10.9. The zero-order chi connectivity index (χ0) is 11.5. The zero-order valence-corrected chi connectivity index (χ0v) is 9.18. The number of carbonyl (C=O) groups excluding carboxylic acids is 1. The number of hydrogen-bond acceptors (Lipinski definition) is 4. The largest absolute Gasteiger partial charge is 0.505 e. The average Bonchev–Trinajstić information content (AvgIpc) is 2.64. The molecular weight excluding hydrogens is 206 g/mol. The van der Waals surface area contributed by atoms with E-state index in [-0.39, 0.29) is 23.3 Å². The number of pyridine rings is 1. The number of nitrogens with one attached hydrogen (secondary N) is 1. The predicted octanol–water partition coefficient (Wildman–Crippen LogP) is 0.221. The Kier molecular flexibility index (Phi) is 3.05. The molecule has 5 nitrogen and oxygen atoms in total. The minimum Gasteiger partial charge on any atom is -0.505 e. The minimum absolute atomic E-state index is 0.0775. The van der Waals surface area contributed by atoms with Gasteiger partial charge in [0, 0.05) is 18.8 Å². The summed E-state index contributed by atoms with van der Waals surface area (Å²) in [7, 11) is 2.02. The fourth-order valence-corrected chi connectivity index (χ4v) is 1.89. The maximum atomic E-state index is 11.8. The molecule has 1 unspecified atom stereocenters. The first-order valence-corrected chi connectivity index (χ1v) is 5.29. The highest BCUT2D eigenvalue weighted by atomic mass is 16.3. The second kappa shape index (κ2) is 4.49. The maximum Gasteiger partial charge on any atom is 0.255 e. The van der Waals surface area contributed by atoms with Crippen LogP contribution < -0.4 is 5.32 Å². The highest BCUT2D eigenvalue weighted by molar-refractivity contribution is 5.96. The predicted molar refractivity (Wildman–Crippen MR) is 59.3 cm³/mol. The lowest BCUT2D eigenvalue weighted by Crippen LogP contribution is -2.36. The molecule has 1 atom stereocenters. The molecule has 0 spiro atoms. The van der Waals surface area contributed by atoms with Gasteiger partial charge in [0.25, 0.3) is 5.91 Å². The number of rotatable bonds is 2. The van der Waals surface area contributed by atoms with Crippen molar-refractivity contribution in [3.05, 3.63) is 24.0 Å². The molecule has 16 heavy (non-hydrogen) atoms. The van der Waals surface area contributed by atoms with Gasteiger partial charge in [0.1, 0.15) is 5.75 Å². The normalized spacial score (nSPS) is 20.9. The summed E-state index contributed by atoms with van der Waals surface area (Å²) < 4.78 is 0. The van der Waals surface area contributed by atoms with Gasteiger partial charge in [0.2, 0.25) is 0 Å². The molecule has 0 saturated carbocycles. The fourth-order valence-electron chi connectivity index (χ4n) is 1.89. The SMILES string of the molecule is CN1CCC(NC(=O)c2ccncc2O)C1. The lowest BCUT2D eigenvalue weighted by Gasteiger charge is -2.13. The van der Waals surface area contributed by atoms with E-state index < -0.39 is 0 Å². The van der Waals surface area contributed by atoms with Gasteiger partial charge in [-0.05, 0) is 26.1 Å². The van der Waals surface area contributed by atoms with Crippen LogP contribution in [-0.2, 0) is 0 Å². The Balaban J connectivity index is 2.01. The van der Waals surface area contributed by atoms with Crippen molar-refractivity contribution in [3.8, 4) is 5.75 Å². The molecule has 1 amide bonds. The first-order valence-electron chi connectivity index (χ1n) is 5.29. The van der Waals surface area contributed by atoms with Crippen LogP contribution >= 0.6 is 0 Å². The highest BCUT2D eigenvalue weighted by Gasteiger charge is 2.22. The van der Waals surface area contributed by atoms with Crippen LogP contribution in [-0.4, -0.2) is 47.1 Å². The van der Waals surface area contributed by atoms with Crippen molar-refractivity contribution in [3.63, 3.8) is 0 Å². The molecular formula is C11H15N3O2. The Hall–Kier alpha value is -1.62. The van der Waals surface area contributed by atoms with E-state index >= 15 is 0 Å². The van der Waals surface area contributed by atoms with E-state index in [9.17, 15) is 9.90 Å². The summed E-state index contributed by atoms with van der Waals surface area (Å²) in [4.78, 5) is 17.7. The molecule has 1 aliphatic heterocycles. The van der Waals surface area contributed by atoms with Gasteiger partial charge in [0.15, 0.2) is 0 Å². The van der Waals surface area contributed by atoms with Crippen LogP contribution in [0.25, 0.3) is 0 Å². The van der Waals surface area contributed by atoms with Gasteiger partial charge in [0.05, 0.1) is 11.8 Å². The third kappa shape index (κ3) is 2.30. The number of amides is 1. The number of aromatic hydroxyl groups is 1. The van der Waals surface area contributed by atoms with E-state index in [2.05, 4.69) is 15.2 Å². The lowest BCUT2D eigenvalue weighted by atomic mass is 10.2. The van der Waals surface area contributed by atoms with Gasteiger partial charge < -0.3 is 15.3 Å². The molecule has 2 N–H and O–H groups in total. The third-order valence-corrected chi connectivity index (χ3v) is 2.77. The molecule has 0 aromatic carbocycles. The molecule has 0 aliphatic carbocycles. The maximum absolute atomic E-state index is 11.8. The van der Waals surface area contributed by atoms with Crippen LogP contribution in [0.2, 0.25) is 0 Å². The number of aromatic nitrogens is 1. The summed E-state index contributed by atoms with van der Waals surface area (Å²) in [5.74, 6) is -0.313. The highest BCUT2D eigenvalue weighted by Crippen LogP contribution is 2.15. The Morgan fingerprint density at radius 3 is 3.12 bits per heavy atom. The second-order valence-corrected chi connectivity index (χ2v) is 4.11. The van der Waals surface area contributed by atoms with Crippen LogP contribution in [0.3, 0.4) is 0 Å². The quantitative estimate of drug-likeness (QED) is 0.750. The molecule has 2 heterocycles. The van der Waals surface area contributed by atoms with Crippen molar-refractivity contribution in [2.24, 2.45) is 0 Å². The van der Waals surface area contributed by atoms with Crippen molar-refractivity contribution < 1.29 is 9.90 Å². The molecule has 1 saturated heterocycles. The van der Waals surface area contributed by atoms with Crippen LogP contribution in [0, 0.1) is 0 Å². The van der Waals surface area contributed by atoms with Crippen molar-refractivity contribution in [1.82, 2.24) is 15.2 Å². The van der Waals surface area contributed by atoms with Crippen molar-refractivity contribution in [2.45, 2.75) is 12.5 Å². The molecule has 0 bridgehead atoms. The molecule has 1 aromatic heterocycles. The minimum atomic E-state index is -0.236. The Morgan fingerprint density at radius 2 is 2.50 bits per heavy atom. The van der Waals surface area contributed by atoms with E-state index in [0.29, 0.717) is 0 Å². The summed E-state index contributed by atoms with van der Waals surface area (Å²) >= 11 is 0. The van der Waals surface area contributed by atoms with Crippen molar-refractivity contribution >= 4 is 5.91 Å². The van der Waals surface area contributed by atoms with E-state index in [1.54, 1.807) is 0 Å². The molecule has 1 aliphatic rings. The molecule has 1 fully saturated rings. The third-order valence-electron chi connectivity index (χ3n) is 2.77. The van der Waals surface area contributed by atoms with Crippen LogP contribution in [0.4, 0.5) is 0 Å². The first-order chi connectivity index (χ1) is 7.66. The number of likely N-dealkylation sites (N-methyl/N-ethyl adjacent to an activating group) is 1. The summed E-state index contributed by atoms with van der Waals surface area (Å²) in [5, 5.41) is 12.4. The number of nitrogens with zero attached hydrogens (tertiary/aromatic N) is 2. The lowest BCUT2D eigenvalue weighted by molar-refractivity contribution is 0.0935. The molecule has 0 radical (unpaired) electrons. The summed E-state index contributed by atoms with van der Waals surface area (Å²) in [6, 6.07) is 1.69. The standard InChI is InChI=1S/C11H15N3O2/c1-14-5-3-8(7-14)13-11(16)9-2-4-12-6-10(9)15/h2,4,6,8,15H,3,5,7H2,1H3,(H,13,16). The molecule has 5 heteroatoms. The summed E-state index contributed by atoms with van der Waals surface area (Å²) in [6.07, 6.45) is 3.72. The number of carbonyl (C=O) groups is 1. The fraction of sp³-hybridized carbons (Fsp3) is 0.455. The van der Waals surface area contributed by atoms with Crippen LogP contribution in [0.5, 0.6) is 5.75 Å². The number of likely N-dealkylation sites (tertiary alicyclic amines) is 1. The van der Waals surface area contributed by atoms with Gasteiger partial charge in [-0.2, -0.15) is 0 Å². The van der Waals surface area contributed by atoms with E-state index in [1.807, 2.05) is 7.05 Å². The smallest absolute Gasteiger partial charge is 0.255 e. The number of hydrogen-bond donors (Lipinski definition) is 2. The Bertz CT molecular complexity index is 395. The van der Waals surface area contributed by atoms with Crippen LogP contribution in [0.1, 0.15) is 16.8 Å². The van der Waals surface area contributed by atoms with Gasteiger partial charge in [-0.1, -0.05) is 0 Å². The van der Waals surface area contributed by atoms with Crippen LogP contribution in [0.15, 0.2) is 18.5 Å². The molecule has 1 aromatic rings. The van der Waals surface area contributed by atoms with Gasteiger partial charge >= 0.3 is 0 Å².